The van der Waals surface area contributed by atoms with E-state index < -0.39 is 5.60 Å². The molecule has 0 bridgehead atoms. The molecule has 3 heterocycles. The molecule has 1 unspecified atom stereocenters. The van der Waals surface area contributed by atoms with Crippen LogP contribution in [0.4, 0.5) is 0 Å². The van der Waals surface area contributed by atoms with Gasteiger partial charge in [0, 0.05) is 72.4 Å². The molecule has 4 nitrogen and oxygen atoms in total. The Morgan fingerprint density at radius 2 is 1.33 bits per heavy atom. The summed E-state index contributed by atoms with van der Waals surface area (Å²) in [5.74, 6) is 0. The summed E-state index contributed by atoms with van der Waals surface area (Å²) in [4.78, 5) is 0. The molecule has 10 rings (SSSR count). The first-order chi connectivity index (χ1) is 25.0. The van der Waals surface area contributed by atoms with Crippen molar-refractivity contribution in [2.45, 2.75) is 25.9 Å². The molecule has 3 aromatic heterocycles. The number of rotatable bonds is 5. The van der Waals surface area contributed by atoms with Crippen molar-refractivity contribution in [1.82, 2.24) is 4.57 Å². The summed E-state index contributed by atoms with van der Waals surface area (Å²) in [6.07, 6.45) is 6.87. The minimum absolute atomic E-state index is 0.655. The normalized spacial score (nSPS) is 15.6. The average Bonchev–Trinajstić information content (AvgIpc) is 3.88. The lowest BCUT2D eigenvalue weighted by Gasteiger charge is -2.30. The highest BCUT2D eigenvalue weighted by Crippen LogP contribution is 2.60. The van der Waals surface area contributed by atoms with Gasteiger partial charge in [-0.15, -0.1) is 6.58 Å². The summed E-state index contributed by atoms with van der Waals surface area (Å²) >= 11 is 3.90. The maximum absolute atomic E-state index is 14.0. The number of halogens is 1. The Morgan fingerprint density at radius 3 is 2.04 bits per heavy atom. The Kier molecular flexibility index (Phi) is 6.48. The Morgan fingerprint density at radius 1 is 0.745 bits per heavy atom. The van der Waals surface area contributed by atoms with Crippen molar-refractivity contribution in [3.8, 4) is 16.8 Å². The predicted octanol–water partition coefficient (Wildman–Crippen LogP) is 12.5. The standard InChI is InChI=1S/C46H32BrNO3/c1-4-14-27-28-16-6-10-20-36(28)48(35(27)15-5-2)37-21-11-9-19-31(37)46(49)32-24-26(3)44-40(29-17-7-12-22-38(29)50-44)42(32)43-33(46)25-34(47)45-41(43)30-18-8-13-23-39(30)51-45/h4-14,16-25,49H,2,15H2,1,3H3/b14-4-. The number of aliphatic hydroxyl groups is 1. The fourth-order valence-electron chi connectivity index (χ4n) is 8.70. The maximum Gasteiger partial charge on any atom is 0.150 e. The molecule has 0 amide bonds. The third-order valence-electron chi connectivity index (χ3n) is 10.7. The van der Waals surface area contributed by atoms with Crippen LogP contribution in [0.25, 0.3) is 77.7 Å². The van der Waals surface area contributed by atoms with Crippen LogP contribution in [0, 0.1) is 6.92 Å². The van der Waals surface area contributed by atoms with Gasteiger partial charge in [-0.2, -0.15) is 0 Å². The fraction of sp³-hybridized carbons (Fsp3) is 0.0870. The molecule has 1 aliphatic carbocycles. The van der Waals surface area contributed by atoms with E-state index in [1.54, 1.807) is 0 Å². The minimum atomic E-state index is -1.55. The smallest absolute Gasteiger partial charge is 0.150 e. The summed E-state index contributed by atoms with van der Waals surface area (Å²) < 4.78 is 16.2. The molecule has 1 aliphatic rings. The SMILES string of the molecule is C=CCc1c(/C=C\C)c2ccccc2n1-c1ccccc1C1(O)c2cc(C)c3oc4ccccc4c3c2-c2c1cc(Br)c1oc3ccccc3c21. The van der Waals surface area contributed by atoms with Crippen molar-refractivity contribution in [2.75, 3.05) is 0 Å². The van der Waals surface area contributed by atoms with Crippen molar-refractivity contribution in [3.05, 3.63) is 166 Å². The summed E-state index contributed by atoms with van der Waals surface area (Å²) in [7, 11) is 0. The first-order valence-electron chi connectivity index (χ1n) is 17.2. The van der Waals surface area contributed by atoms with Crippen LogP contribution in [-0.2, 0) is 12.0 Å². The molecular formula is C46H32BrNO3. The van der Waals surface area contributed by atoms with E-state index in [1.165, 1.54) is 0 Å². The topological polar surface area (TPSA) is 51.4 Å². The van der Waals surface area contributed by atoms with E-state index in [2.05, 4.69) is 119 Å². The zero-order valence-corrected chi connectivity index (χ0v) is 29.7. The van der Waals surface area contributed by atoms with E-state index in [1.807, 2.05) is 49.4 Å². The van der Waals surface area contributed by atoms with Crippen LogP contribution in [0.5, 0.6) is 0 Å². The molecule has 51 heavy (non-hydrogen) atoms. The number of hydrogen-bond acceptors (Lipinski definition) is 3. The molecule has 0 aliphatic heterocycles. The monoisotopic (exact) mass is 725 g/mol. The molecule has 9 aromatic rings. The van der Waals surface area contributed by atoms with Crippen LogP contribution < -0.4 is 0 Å². The van der Waals surface area contributed by atoms with Gasteiger partial charge in [0.25, 0.3) is 0 Å². The highest BCUT2D eigenvalue weighted by atomic mass is 79.9. The van der Waals surface area contributed by atoms with Gasteiger partial charge in [0.05, 0.1) is 15.7 Å². The highest BCUT2D eigenvalue weighted by molar-refractivity contribution is 9.10. The molecule has 0 fully saturated rings. The van der Waals surface area contributed by atoms with Crippen LogP contribution in [0.2, 0.25) is 0 Å². The van der Waals surface area contributed by atoms with Gasteiger partial charge >= 0.3 is 0 Å². The molecular weight excluding hydrogens is 694 g/mol. The second-order valence-corrected chi connectivity index (χ2v) is 14.3. The van der Waals surface area contributed by atoms with E-state index in [4.69, 9.17) is 8.83 Å². The summed E-state index contributed by atoms with van der Waals surface area (Å²) in [6.45, 7) is 8.26. The fourth-order valence-corrected chi connectivity index (χ4v) is 9.21. The molecule has 0 saturated heterocycles. The number of benzene rings is 6. The molecule has 0 saturated carbocycles. The van der Waals surface area contributed by atoms with Crippen molar-refractivity contribution < 1.29 is 13.9 Å². The Balaban J connectivity index is 1.41. The molecule has 6 aromatic carbocycles. The first-order valence-corrected chi connectivity index (χ1v) is 18.0. The van der Waals surface area contributed by atoms with Gasteiger partial charge in [0.1, 0.15) is 27.9 Å². The van der Waals surface area contributed by atoms with E-state index in [0.29, 0.717) is 6.42 Å². The van der Waals surface area contributed by atoms with Crippen LogP contribution in [0.15, 0.2) is 141 Å². The van der Waals surface area contributed by atoms with Gasteiger partial charge in [0.2, 0.25) is 0 Å². The molecule has 0 spiro atoms. The lowest BCUT2D eigenvalue weighted by Crippen LogP contribution is -2.28. The van der Waals surface area contributed by atoms with Gasteiger partial charge in [-0.05, 0) is 71.7 Å². The van der Waals surface area contributed by atoms with E-state index in [-0.39, 0.29) is 0 Å². The second-order valence-electron chi connectivity index (χ2n) is 13.4. The van der Waals surface area contributed by atoms with E-state index in [0.717, 1.165) is 110 Å². The summed E-state index contributed by atoms with van der Waals surface area (Å²) in [5.41, 5.74) is 11.2. The van der Waals surface area contributed by atoms with Gasteiger partial charge in [-0.1, -0.05) is 91.0 Å². The predicted molar refractivity (Wildman–Crippen MR) is 213 cm³/mol. The van der Waals surface area contributed by atoms with E-state index in [9.17, 15) is 5.11 Å². The van der Waals surface area contributed by atoms with Gasteiger partial charge < -0.3 is 18.5 Å². The third kappa shape index (κ3) is 3.93. The van der Waals surface area contributed by atoms with Crippen molar-refractivity contribution in [2.24, 2.45) is 0 Å². The summed E-state index contributed by atoms with van der Waals surface area (Å²) in [6, 6.07) is 37.3. The number of aryl methyl sites for hydroxylation is 1. The van der Waals surface area contributed by atoms with Gasteiger partial charge in [-0.25, -0.2) is 0 Å². The van der Waals surface area contributed by atoms with E-state index >= 15 is 0 Å². The lowest BCUT2D eigenvalue weighted by molar-refractivity contribution is 0.130. The highest BCUT2D eigenvalue weighted by Gasteiger charge is 2.48. The quantitative estimate of drug-likeness (QED) is 0.180. The zero-order chi connectivity index (χ0) is 34.6. The molecule has 1 N–H and O–H groups in total. The number of hydrogen-bond donors (Lipinski definition) is 1. The molecule has 0 radical (unpaired) electrons. The number of para-hydroxylation sites is 4. The van der Waals surface area contributed by atoms with Crippen molar-refractivity contribution in [1.29, 1.82) is 0 Å². The first kappa shape index (κ1) is 30.2. The second kappa shape index (κ2) is 10.9. The molecule has 5 heteroatoms. The largest absolute Gasteiger partial charge is 0.456 e. The zero-order valence-electron chi connectivity index (χ0n) is 28.1. The number of fused-ring (bicyclic) bond motifs is 12. The van der Waals surface area contributed by atoms with Gasteiger partial charge in [0.15, 0.2) is 0 Å². The van der Waals surface area contributed by atoms with Crippen LogP contribution in [0.3, 0.4) is 0 Å². The Hall–Kier alpha value is -5.62. The number of allylic oxidation sites excluding steroid dienone is 2. The van der Waals surface area contributed by atoms with Crippen molar-refractivity contribution in [3.63, 3.8) is 0 Å². The van der Waals surface area contributed by atoms with Gasteiger partial charge in [-0.3, -0.25) is 0 Å². The maximum atomic E-state index is 14.0. The van der Waals surface area contributed by atoms with Crippen LogP contribution in [-0.4, -0.2) is 9.67 Å². The summed E-state index contributed by atoms with van der Waals surface area (Å²) in [5, 5.41) is 19.1. The third-order valence-corrected chi connectivity index (χ3v) is 11.3. The van der Waals surface area contributed by atoms with Crippen LogP contribution >= 0.6 is 15.9 Å². The average molecular weight is 727 g/mol. The van der Waals surface area contributed by atoms with Crippen LogP contribution in [0.1, 0.15) is 40.4 Å². The lowest BCUT2D eigenvalue weighted by atomic mass is 9.82. The minimum Gasteiger partial charge on any atom is -0.456 e. The van der Waals surface area contributed by atoms with Crippen molar-refractivity contribution >= 4 is 76.8 Å². The number of aromatic nitrogens is 1. The molecule has 1 atom stereocenters. The number of nitrogens with zero attached hydrogens (tertiary/aromatic N) is 1. The molecule has 246 valence electrons. The number of furan rings is 2. The Bertz CT molecular complexity index is 2840. The Labute approximate surface area is 302 Å².